The lowest BCUT2D eigenvalue weighted by molar-refractivity contribution is 0.0216. The Morgan fingerprint density at radius 3 is 2.88 bits per heavy atom. The summed E-state index contributed by atoms with van der Waals surface area (Å²) < 4.78 is 5.62. The van der Waals surface area contributed by atoms with Crippen LogP contribution in [0.5, 0.6) is 0 Å². The van der Waals surface area contributed by atoms with Crippen LogP contribution < -0.4 is 0 Å². The van der Waals surface area contributed by atoms with Crippen LogP contribution in [0, 0.1) is 5.92 Å². The van der Waals surface area contributed by atoms with E-state index in [-0.39, 0.29) is 5.60 Å². The van der Waals surface area contributed by atoms with Crippen molar-refractivity contribution in [1.29, 1.82) is 0 Å². The molecular weight excluding hydrogens is 208 g/mol. The monoisotopic (exact) mass is 234 g/mol. The van der Waals surface area contributed by atoms with Gasteiger partial charge in [0.05, 0.1) is 5.60 Å². The molecule has 0 fully saturated rings. The van der Waals surface area contributed by atoms with E-state index < -0.39 is 0 Å². The fourth-order valence-corrected chi connectivity index (χ4v) is 2.38. The lowest BCUT2D eigenvalue weighted by Crippen LogP contribution is -2.32. The molecule has 2 atom stereocenters. The largest absolute Gasteiger partial charge is 0.373 e. The van der Waals surface area contributed by atoms with Crippen molar-refractivity contribution < 1.29 is 4.74 Å². The van der Waals surface area contributed by atoms with Crippen molar-refractivity contribution in [3.05, 3.63) is 37.0 Å². The molecule has 0 aliphatic heterocycles. The third-order valence-corrected chi connectivity index (χ3v) is 3.64. The van der Waals surface area contributed by atoms with Crippen LogP contribution in [0.25, 0.3) is 0 Å². The predicted molar refractivity (Wildman–Crippen MR) is 75.1 cm³/mol. The molecule has 1 rings (SSSR count). The van der Waals surface area contributed by atoms with Crippen LogP contribution in [0.4, 0.5) is 0 Å². The topological polar surface area (TPSA) is 9.23 Å². The Kier molecular flexibility index (Phi) is 6.28. The van der Waals surface area contributed by atoms with Gasteiger partial charge in [-0.05, 0) is 19.3 Å². The molecule has 1 aliphatic rings. The molecule has 0 saturated heterocycles. The minimum atomic E-state index is -0.195. The summed E-state index contributed by atoms with van der Waals surface area (Å²) in [4.78, 5) is 0. The molecule has 0 radical (unpaired) electrons. The maximum atomic E-state index is 5.62. The first-order valence-electron chi connectivity index (χ1n) is 6.81. The van der Waals surface area contributed by atoms with Gasteiger partial charge in [-0.3, -0.25) is 0 Å². The molecule has 0 amide bonds. The van der Waals surface area contributed by atoms with Gasteiger partial charge in [0.1, 0.15) is 0 Å². The van der Waals surface area contributed by atoms with Gasteiger partial charge >= 0.3 is 0 Å². The molecule has 0 heterocycles. The van der Waals surface area contributed by atoms with E-state index in [1.165, 1.54) is 32.1 Å². The zero-order valence-corrected chi connectivity index (χ0v) is 11.3. The Balaban J connectivity index is 2.36. The van der Waals surface area contributed by atoms with Gasteiger partial charge in [-0.2, -0.15) is 0 Å². The van der Waals surface area contributed by atoms with Crippen LogP contribution in [0.2, 0.25) is 0 Å². The number of unbranched alkanes of at least 4 members (excludes halogenated alkanes) is 4. The second kappa shape index (κ2) is 7.50. The minimum absolute atomic E-state index is 0.195. The van der Waals surface area contributed by atoms with Crippen LogP contribution in [-0.2, 0) is 4.74 Å². The number of hydrogen-bond acceptors (Lipinski definition) is 1. The van der Waals surface area contributed by atoms with Crippen molar-refractivity contribution in [2.24, 2.45) is 5.92 Å². The smallest absolute Gasteiger partial charge is 0.0986 e. The summed E-state index contributed by atoms with van der Waals surface area (Å²) >= 11 is 0. The van der Waals surface area contributed by atoms with Gasteiger partial charge in [-0.25, -0.2) is 0 Å². The molecule has 1 heteroatoms. The summed E-state index contributed by atoms with van der Waals surface area (Å²) in [5.41, 5.74) is -0.195. The average molecular weight is 234 g/mol. The van der Waals surface area contributed by atoms with Gasteiger partial charge in [0.15, 0.2) is 0 Å². The highest BCUT2D eigenvalue weighted by Gasteiger charge is 2.35. The molecule has 0 N–H and O–H groups in total. The Morgan fingerprint density at radius 2 is 2.24 bits per heavy atom. The van der Waals surface area contributed by atoms with Crippen molar-refractivity contribution in [2.75, 3.05) is 7.11 Å². The summed E-state index contributed by atoms with van der Waals surface area (Å²) in [6, 6.07) is 0. The van der Waals surface area contributed by atoms with E-state index in [0.717, 1.165) is 6.42 Å². The Hall–Kier alpha value is -0.820. The summed E-state index contributed by atoms with van der Waals surface area (Å²) in [7, 11) is 1.77. The molecular formula is C16H26O. The molecule has 0 unspecified atom stereocenters. The molecule has 17 heavy (non-hydrogen) atoms. The van der Waals surface area contributed by atoms with Crippen molar-refractivity contribution >= 4 is 0 Å². The molecule has 0 aromatic carbocycles. The predicted octanol–water partition coefficient (Wildman–Crippen LogP) is 4.66. The number of hydrogen-bond donors (Lipinski definition) is 0. The lowest BCUT2D eigenvalue weighted by atomic mass is 9.89. The van der Waals surface area contributed by atoms with Crippen LogP contribution in [-0.4, -0.2) is 12.7 Å². The van der Waals surface area contributed by atoms with Crippen LogP contribution >= 0.6 is 0 Å². The van der Waals surface area contributed by atoms with E-state index in [9.17, 15) is 0 Å². The minimum Gasteiger partial charge on any atom is -0.373 e. The quantitative estimate of drug-likeness (QED) is 0.438. The van der Waals surface area contributed by atoms with E-state index in [1.807, 2.05) is 6.08 Å². The Morgan fingerprint density at radius 1 is 1.41 bits per heavy atom. The zero-order chi connectivity index (χ0) is 12.6. The first-order valence-corrected chi connectivity index (χ1v) is 6.81. The van der Waals surface area contributed by atoms with Gasteiger partial charge in [0.2, 0.25) is 0 Å². The molecule has 1 aliphatic carbocycles. The number of allylic oxidation sites excluding steroid dienone is 1. The van der Waals surface area contributed by atoms with Gasteiger partial charge in [0.25, 0.3) is 0 Å². The average Bonchev–Trinajstić information content (AvgIpc) is 2.77. The number of ether oxygens (including phenoxy) is 1. The molecule has 0 saturated carbocycles. The van der Waals surface area contributed by atoms with E-state index in [4.69, 9.17) is 4.74 Å². The molecule has 0 aromatic rings. The van der Waals surface area contributed by atoms with Crippen LogP contribution in [0.15, 0.2) is 37.0 Å². The van der Waals surface area contributed by atoms with Gasteiger partial charge in [0, 0.05) is 13.0 Å². The third-order valence-electron chi connectivity index (χ3n) is 3.64. The fourth-order valence-electron chi connectivity index (χ4n) is 2.38. The molecule has 96 valence electrons. The number of methoxy groups -OCH3 is 1. The Labute approximate surface area is 106 Å². The standard InChI is InChI=1S/C16H26O/c1-4-6-7-8-9-10-12-15-13-11-14-16(15,5-2)17-3/h5,10-13,15H,2,4,6-9,14H2,1,3H3/b12-10-/t15-,16-/m0/s1. The van der Waals surface area contributed by atoms with Gasteiger partial charge in [-0.15, -0.1) is 6.58 Å². The van der Waals surface area contributed by atoms with Crippen molar-refractivity contribution in [3.8, 4) is 0 Å². The van der Waals surface area contributed by atoms with Gasteiger partial charge in [-0.1, -0.05) is 56.6 Å². The van der Waals surface area contributed by atoms with Crippen molar-refractivity contribution in [3.63, 3.8) is 0 Å². The highest BCUT2D eigenvalue weighted by molar-refractivity contribution is 5.23. The molecule has 0 spiro atoms. The molecule has 0 aromatic heterocycles. The zero-order valence-electron chi connectivity index (χ0n) is 11.3. The van der Waals surface area contributed by atoms with Gasteiger partial charge < -0.3 is 4.74 Å². The number of rotatable bonds is 8. The SMILES string of the molecule is C=C[C@]1(OC)CC=C[C@@H]1/C=C\CCCCCC. The van der Waals surface area contributed by atoms with E-state index >= 15 is 0 Å². The normalized spacial score (nSPS) is 28.0. The lowest BCUT2D eigenvalue weighted by Gasteiger charge is -2.29. The van der Waals surface area contributed by atoms with E-state index in [0.29, 0.717) is 5.92 Å². The summed E-state index contributed by atoms with van der Waals surface area (Å²) in [5.74, 6) is 0.358. The van der Waals surface area contributed by atoms with Crippen molar-refractivity contribution in [1.82, 2.24) is 0 Å². The highest BCUT2D eigenvalue weighted by Crippen LogP contribution is 2.35. The Bertz CT molecular complexity index is 277. The van der Waals surface area contributed by atoms with Crippen molar-refractivity contribution in [2.45, 2.75) is 51.0 Å². The van der Waals surface area contributed by atoms with E-state index in [2.05, 4.69) is 37.8 Å². The van der Waals surface area contributed by atoms with Crippen LogP contribution in [0.1, 0.15) is 45.4 Å². The van der Waals surface area contributed by atoms with Crippen LogP contribution in [0.3, 0.4) is 0 Å². The fraction of sp³-hybridized carbons (Fsp3) is 0.625. The highest BCUT2D eigenvalue weighted by atomic mass is 16.5. The molecule has 0 bridgehead atoms. The first-order chi connectivity index (χ1) is 8.29. The maximum absolute atomic E-state index is 5.62. The second-order valence-electron chi connectivity index (χ2n) is 4.80. The summed E-state index contributed by atoms with van der Waals surface area (Å²) in [5, 5.41) is 0. The summed E-state index contributed by atoms with van der Waals surface area (Å²) in [6.45, 7) is 6.15. The third kappa shape index (κ3) is 3.85. The summed E-state index contributed by atoms with van der Waals surface area (Å²) in [6.07, 6.45) is 18.4. The second-order valence-corrected chi connectivity index (χ2v) is 4.80. The van der Waals surface area contributed by atoms with E-state index in [1.54, 1.807) is 7.11 Å². The molecule has 1 nitrogen and oxygen atoms in total. The first kappa shape index (κ1) is 14.2. The maximum Gasteiger partial charge on any atom is 0.0986 e.